The lowest BCUT2D eigenvalue weighted by molar-refractivity contribution is 0.756. The Morgan fingerprint density at radius 2 is 1.91 bits per heavy atom. The van der Waals surface area contributed by atoms with Crippen molar-refractivity contribution in [2.75, 3.05) is 0 Å². The molecule has 0 bridgehead atoms. The van der Waals surface area contributed by atoms with Gasteiger partial charge in [-0.3, -0.25) is 4.68 Å². The van der Waals surface area contributed by atoms with Crippen molar-refractivity contribution >= 4 is 27.9 Å². The van der Waals surface area contributed by atoms with E-state index in [0.717, 1.165) is 37.6 Å². The van der Waals surface area contributed by atoms with E-state index in [9.17, 15) is 0 Å². The van der Waals surface area contributed by atoms with E-state index >= 15 is 0 Å². The Morgan fingerprint density at radius 1 is 1.13 bits per heavy atom. The van der Waals surface area contributed by atoms with Crippen LogP contribution in [-0.2, 0) is 13.5 Å². The van der Waals surface area contributed by atoms with Crippen molar-refractivity contribution in [3.05, 3.63) is 52.6 Å². The quantitative estimate of drug-likeness (QED) is 0.573. The van der Waals surface area contributed by atoms with Gasteiger partial charge in [-0.25, -0.2) is 0 Å². The molecule has 23 heavy (non-hydrogen) atoms. The molecule has 1 aromatic carbocycles. The zero-order valence-electron chi connectivity index (χ0n) is 12.6. The van der Waals surface area contributed by atoms with Crippen LogP contribution in [0.15, 0.2) is 30.5 Å². The minimum atomic E-state index is 0.660. The predicted molar refractivity (Wildman–Crippen MR) is 89.9 cm³/mol. The van der Waals surface area contributed by atoms with Crippen molar-refractivity contribution in [2.24, 2.45) is 7.05 Å². The number of aryl methyl sites for hydroxylation is 2. The number of aromatic nitrogens is 6. The van der Waals surface area contributed by atoms with Crippen LogP contribution in [0.4, 0.5) is 0 Å². The summed E-state index contributed by atoms with van der Waals surface area (Å²) in [7, 11) is 1.91. The molecule has 116 valence electrons. The van der Waals surface area contributed by atoms with Crippen molar-refractivity contribution in [1.82, 2.24) is 29.6 Å². The molecule has 3 heterocycles. The molecule has 0 N–H and O–H groups in total. The number of rotatable bonds is 3. The highest BCUT2D eigenvalue weighted by atomic mass is 35.5. The van der Waals surface area contributed by atoms with Crippen LogP contribution in [0.3, 0.4) is 0 Å². The van der Waals surface area contributed by atoms with Gasteiger partial charge in [-0.1, -0.05) is 35.1 Å². The fraction of sp³-hybridized carbons (Fsp3) is 0.200. The maximum atomic E-state index is 5.92. The molecule has 0 spiro atoms. The molecule has 4 aromatic rings. The van der Waals surface area contributed by atoms with Crippen molar-refractivity contribution < 1.29 is 0 Å². The summed E-state index contributed by atoms with van der Waals surface area (Å²) < 4.78 is 3.60. The number of hydrogen-bond acceptors (Lipinski definition) is 5. The van der Waals surface area contributed by atoms with E-state index in [1.165, 1.54) is 11.3 Å². The Bertz CT molecular complexity index is 981. The van der Waals surface area contributed by atoms with Gasteiger partial charge in [0.25, 0.3) is 0 Å². The first-order valence-electron chi connectivity index (χ1n) is 7.06. The molecule has 0 aliphatic heterocycles. The molecule has 0 saturated heterocycles. The highest BCUT2D eigenvalue weighted by Gasteiger charge is 2.16. The summed E-state index contributed by atoms with van der Waals surface area (Å²) in [5.41, 5.74) is 3.10. The Labute approximate surface area is 141 Å². The number of fused-ring (bicyclic) bond motifs is 1. The first kappa shape index (κ1) is 14.3. The third-order valence-corrected chi connectivity index (χ3v) is 4.76. The van der Waals surface area contributed by atoms with Gasteiger partial charge in [0.2, 0.25) is 4.96 Å². The van der Waals surface area contributed by atoms with Crippen LogP contribution >= 0.6 is 22.9 Å². The third-order valence-electron chi connectivity index (χ3n) is 3.57. The Hall–Kier alpha value is -2.25. The lowest BCUT2D eigenvalue weighted by Gasteiger charge is -1.98. The second-order valence-corrected chi connectivity index (χ2v) is 6.72. The minimum absolute atomic E-state index is 0.660. The summed E-state index contributed by atoms with van der Waals surface area (Å²) >= 11 is 7.44. The van der Waals surface area contributed by atoms with Gasteiger partial charge in [-0.05, 0) is 24.6 Å². The van der Waals surface area contributed by atoms with Crippen molar-refractivity contribution in [2.45, 2.75) is 13.3 Å². The van der Waals surface area contributed by atoms with E-state index in [-0.39, 0.29) is 0 Å². The second kappa shape index (κ2) is 5.43. The monoisotopic (exact) mass is 344 g/mol. The highest BCUT2D eigenvalue weighted by Crippen LogP contribution is 2.27. The SMILES string of the molecule is Cc1nn(C)cc1-c1nn2c(Cc3ccc(Cl)cc3)nnc2s1. The average molecular weight is 345 g/mol. The molecular formula is C15H13ClN6S. The minimum Gasteiger partial charge on any atom is -0.275 e. The summed E-state index contributed by atoms with van der Waals surface area (Å²) in [6, 6.07) is 7.73. The normalized spacial score (nSPS) is 11.4. The lowest BCUT2D eigenvalue weighted by Crippen LogP contribution is -1.97. The van der Waals surface area contributed by atoms with E-state index < -0.39 is 0 Å². The summed E-state index contributed by atoms with van der Waals surface area (Å²) in [6.07, 6.45) is 2.63. The molecule has 0 aliphatic carbocycles. The first-order valence-corrected chi connectivity index (χ1v) is 8.26. The van der Waals surface area contributed by atoms with Gasteiger partial charge in [0.1, 0.15) is 0 Å². The summed E-state index contributed by atoms with van der Waals surface area (Å²) in [5.74, 6) is 0.811. The number of benzene rings is 1. The van der Waals surface area contributed by atoms with E-state index in [0.29, 0.717) is 6.42 Å². The fourth-order valence-corrected chi connectivity index (χ4v) is 3.52. The zero-order valence-corrected chi connectivity index (χ0v) is 14.1. The maximum Gasteiger partial charge on any atom is 0.234 e. The molecule has 3 aromatic heterocycles. The van der Waals surface area contributed by atoms with Crippen LogP contribution < -0.4 is 0 Å². The van der Waals surface area contributed by atoms with Gasteiger partial charge in [-0.2, -0.15) is 14.7 Å². The Kier molecular flexibility index (Phi) is 3.39. The van der Waals surface area contributed by atoms with Crippen molar-refractivity contribution in [3.63, 3.8) is 0 Å². The van der Waals surface area contributed by atoms with Gasteiger partial charge >= 0.3 is 0 Å². The molecule has 0 fully saturated rings. The summed E-state index contributed by atoms with van der Waals surface area (Å²) in [6.45, 7) is 1.98. The van der Waals surface area contributed by atoms with Crippen LogP contribution in [0, 0.1) is 6.92 Å². The van der Waals surface area contributed by atoms with Gasteiger partial charge < -0.3 is 0 Å². The standard InChI is InChI=1S/C15H13ClN6S/c1-9-12(8-21(2)19-9)14-20-22-13(17-18-15(22)23-14)7-10-3-5-11(16)6-4-10/h3-6,8H,7H2,1-2H3. The van der Waals surface area contributed by atoms with Gasteiger partial charge in [0.05, 0.1) is 11.3 Å². The van der Waals surface area contributed by atoms with Crippen molar-refractivity contribution in [1.29, 1.82) is 0 Å². The van der Waals surface area contributed by atoms with Crippen LogP contribution in [-0.4, -0.2) is 29.6 Å². The van der Waals surface area contributed by atoms with Crippen LogP contribution in [0.2, 0.25) is 5.02 Å². The first-order chi connectivity index (χ1) is 11.1. The summed E-state index contributed by atoms with van der Waals surface area (Å²) in [4.78, 5) is 0.784. The molecule has 4 rings (SSSR count). The molecule has 6 nitrogen and oxygen atoms in total. The molecule has 0 aliphatic rings. The van der Waals surface area contributed by atoms with E-state index in [2.05, 4.69) is 20.4 Å². The van der Waals surface area contributed by atoms with Gasteiger partial charge in [-0.15, -0.1) is 10.2 Å². The van der Waals surface area contributed by atoms with Crippen molar-refractivity contribution in [3.8, 4) is 10.6 Å². The number of hydrogen-bond donors (Lipinski definition) is 0. The number of halogens is 1. The van der Waals surface area contributed by atoms with Gasteiger partial charge in [0, 0.05) is 24.7 Å². The highest BCUT2D eigenvalue weighted by molar-refractivity contribution is 7.19. The molecule has 0 radical (unpaired) electrons. The largest absolute Gasteiger partial charge is 0.275 e. The maximum absolute atomic E-state index is 5.92. The van der Waals surface area contributed by atoms with Crippen LogP contribution in [0.1, 0.15) is 17.1 Å². The van der Waals surface area contributed by atoms with Gasteiger partial charge in [0.15, 0.2) is 10.8 Å². The number of nitrogens with zero attached hydrogens (tertiary/aromatic N) is 6. The topological polar surface area (TPSA) is 60.9 Å². The smallest absolute Gasteiger partial charge is 0.234 e. The molecule has 0 amide bonds. The van der Waals surface area contributed by atoms with E-state index in [1.807, 2.05) is 44.4 Å². The molecular weight excluding hydrogens is 332 g/mol. The summed E-state index contributed by atoms with van der Waals surface area (Å²) in [5, 5.41) is 19.1. The third kappa shape index (κ3) is 2.62. The lowest BCUT2D eigenvalue weighted by atomic mass is 10.1. The molecule has 8 heteroatoms. The average Bonchev–Trinajstić information content (AvgIpc) is 3.17. The molecule has 0 unspecified atom stereocenters. The zero-order chi connectivity index (χ0) is 16.0. The molecule has 0 saturated carbocycles. The van der Waals surface area contributed by atoms with E-state index in [4.69, 9.17) is 11.6 Å². The Morgan fingerprint density at radius 3 is 2.61 bits per heavy atom. The Balaban J connectivity index is 1.72. The van der Waals surface area contributed by atoms with Crippen LogP contribution in [0.25, 0.3) is 15.5 Å². The second-order valence-electron chi connectivity index (χ2n) is 5.32. The predicted octanol–water partition coefficient (Wildman–Crippen LogP) is 3.14. The molecule has 0 atom stereocenters. The van der Waals surface area contributed by atoms with E-state index in [1.54, 1.807) is 9.20 Å². The fourth-order valence-electron chi connectivity index (χ4n) is 2.47. The van der Waals surface area contributed by atoms with Crippen LogP contribution in [0.5, 0.6) is 0 Å².